The van der Waals surface area contributed by atoms with Crippen molar-refractivity contribution in [1.29, 1.82) is 0 Å². The van der Waals surface area contributed by atoms with Gasteiger partial charge in [0, 0.05) is 0 Å². The maximum Gasteiger partial charge on any atom is -0.000672 e. The summed E-state index contributed by atoms with van der Waals surface area (Å²) in [7, 11) is 0. The smallest absolute Gasteiger partial charge is 0.000672 e. The number of allylic oxidation sites excluding steroid dienone is 4. The Hall–Kier alpha value is -0.760. The van der Waals surface area contributed by atoms with Crippen molar-refractivity contribution in [3.05, 3.63) is 24.3 Å². The molecule has 0 aliphatic carbocycles. The van der Waals surface area contributed by atoms with Gasteiger partial charge in [-0.25, -0.2) is 0 Å². The lowest BCUT2D eigenvalue weighted by Gasteiger charge is -2.22. The first-order chi connectivity index (χ1) is 51.0. The minimum absolute atomic E-state index is 0.830. The van der Waals surface area contributed by atoms with E-state index in [2.05, 4.69) is 80.5 Å². The van der Waals surface area contributed by atoms with Crippen LogP contribution in [-0.2, 0) is 0 Å². The molecule has 0 fully saturated rings. The van der Waals surface area contributed by atoms with Crippen LogP contribution in [0, 0.1) is 0 Å². The van der Waals surface area contributed by atoms with Crippen LogP contribution >= 0.6 is 0 Å². The second-order valence-electron chi connectivity index (χ2n) is 33.0. The van der Waals surface area contributed by atoms with Crippen LogP contribution in [0.3, 0.4) is 0 Å². The number of nitrogens with zero attached hydrogens (tertiary/aromatic N) is 3. The maximum absolute atomic E-state index is 5.82. The van der Waals surface area contributed by atoms with Gasteiger partial charge in [-0.1, -0.05) is 438 Å². The highest BCUT2D eigenvalue weighted by molar-refractivity contribution is 4.82. The van der Waals surface area contributed by atoms with E-state index in [1.807, 2.05) is 0 Å². The van der Waals surface area contributed by atoms with E-state index < -0.39 is 0 Å². The van der Waals surface area contributed by atoms with E-state index in [4.69, 9.17) is 17.2 Å². The number of hydrogen-bond acceptors (Lipinski definition) is 6. The van der Waals surface area contributed by atoms with Crippen LogP contribution in [0.25, 0.3) is 0 Å². The molecule has 6 nitrogen and oxygen atoms in total. The van der Waals surface area contributed by atoms with Crippen molar-refractivity contribution in [1.82, 2.24) is 14.7 Å². The summed E-state index contributed by atoms with van der Waals surface area (Å²) in [5, 5.41) is 0. The monoisotopic (exact) mass is 1450 g/mol. The predicted molar refractivity (Wildman–Crippen MR) is 475 cm³/mol. The van der Waals surface area contributed by atoms with Crippen LogP contribution in [0.4, 0.5) is 0 Å². The van der Waals surface area contributed by atoms with Crippen LogP contribution in [0.5, 0.6) is 0 Å². The highest BCUT2D eigenvalue weighted by Crippen LogP contribution is 2.19. The van der Waals surface area contributed by atoms with Crippen LogP contribution < -0.4 is 17.2 Å². The average Bonchev–Trinajstić information content (AvgIpc) is 3.31. The Labute approximate surface area is 654 Å². The lowest BCUT2D eigenvalue weighted by molar-refractivity contribution is 0.258. The second-order valence-corrected chi connectivity index (χ2v) is 33.0. The van der Waals surface area contributed by atoms with Crippen LogP contribution in [0.2, 0.25) is 0 Å². The van der Waals surface area contributed by atoms with Gasteiger partial charge < -0.3 is 31.9 Å². The van der Waals surface area contributed by atoms with E-state index in [1.54, 1.807) is 0 Å². The summed E-state index contributed by atoms with van der Waals surface area (Å²) in [5.74, 6) is 0. The highest BCUT2D eigenvalue weighted by Gasteiger charge is 2.09. The van der Waals surface area contributed by atoms with Crippen molar-refractivity contribution < 1.29 is 0 Å². The molecule has 6 heteroatoms. The molecule has 0 aliphatic heterocycles. The molecule has 0 atom stereocenters. The first-order valence-corrected chi connectivity index (χ1v) is 48.6. The molecule has 0 rings (SSSR count). The molecule has 0 saturated heterocycles. The third-order valence-corrected chi connectivity index (χ3v) is 22.3. The average molecular weight is 1450 g/mol. The first kappa shape index (κ1) is 106. The van der Waals surface area contributed by atoms with Gasteiger partial charge in [0.2, 0.25) is 0 Å². The molecule has 620 valence electrons. The molecule has 0 aromatic carbocycles. The number of nitrogens with two attached hydrogens (primary N) is 3. The standard InChI is InChI=1S/C39H78N2.C31H66N2.C27H58N2/c1-3-5-7-9-11-13-15-17-19-21-23-25-27-29-31-33-37-41(39-35-36-40)38-34-32-30-28-26-24-22-20-18-16-14-12-10-8-6-4-2;1-3-5-7-9-11-13-15-17-19-21-23-25-29-33(31-27-28-32)30-26-24-22-20-18-16-14-12-10-8-6-4-2;1-3-5-7-9-11-13-15-17-19-21-25-29(27-23-24-28)26-22-20-18-16-14-12-10-8-6-4-2/h17,19-20,22H,3-16,18,21,23-40H2,1-2H3;3-32H2,1-2H3;3-28H2,1-2H3/b19-17-,22-20-;;. The molecular weight excluding hydrogens is 1250 g/mol. The molecule has 0 aromatic heterocycles. The Morgan fingerprint density at radius 3 is 0.369 bits per heavy atom. The summed E-state index contributed by atoms with van der Waals surface area (Å²) in [4.78, 5) is 8.11. The van der Waals surface area contributed by atoms with E-state index in [-0.39, 0.29) is 0 Å². The minimum atomic E-state index is 0.830. The lowest BCUT2D eigenvalue weighted by atomic mass is 10.0. The molecule has 0 saturated carbocycles. The molecule has 0 radical (unpaired) electrons. The van der Waals surface area contributed by atoms with Crippen molar-refractivity contribution in [3.8, 4) is 0 Å². The Morgan fingerprint density at radius 1 is 0.136 bits per heavy atom. The Balaban J connectivity index is -0.00000148. The fourth-order valence-electron chi connectivity index (χ4n) is 15.1. The number of rotatable bonds is 89. The van der Waals surface area contributed by atoms with E-state index in [0.717, 1.165) is 38.9 Å². The van der Waals surface area contributed by atoms with Crippen LogP contribution in [0.15, 0.2) is 24.3 Å². The summed E-state index contributed by atoms with van der Waals surface area (Å²) in [6.07, 6.45) is 115. The summed E-state index contributed by atoms with van der Waals surface area (Å²) >= 11 is 0. The molecule has 0 aromatic rings. The van der Waals surface area contributed by atoms with Gasteiger partial charge in [-0.05, 0) is 188 Å². The third-order valence-electron chi connectivity index (χ3n) is 22.3. The van der Waals surface area contributed by atoms with Gasteiger partial charge in [0.25, 0.3) is 0 Å². The van der Waals surface area contributed by atoms with Gasteiger partial charge >= 0.3 is 0 Å². The first-order valence-electron chi connectivity index (χ1n) is 48.6. The lowest BCUT2D eigenvalue weighted by Crippen LogP contribution is -2.28. The van der Waals surface area contributed by atoms with E-state index in [9.17, 15) is 0 Å². The van der Waals surface area contributed by atoms with Gasteiger partial charge in [-0.3, -0.25) is 0 Å². The van der Waals surface area contributed by atoms with Gasteiger partial charge in [-0.15, -0.1) is 0 Å². The van der Waals surface area contributed by atoms with Gasteiger partial charge in [0.15, 0.2) is 0 Å². The number of unbranched alkanes of at least 4 members (excludes halogenated alkanes) is 64. The zero-order valence-electron chi connectivity index (χ0n) is 72.9. The second kappa shape index (κ2) is 103. The molecule has 0 spiro atoms. The summed E-state index contributed by atoms with van der Waals surface area (Å²) in [5.41, 5.74) is 17.4. The number of hydrogen-bond donors (Lipinski definition) is 3. The molecule has 0 amide bonds. The Bertz CT molecular complexity index is 1400. The summed E-state index contributed by atoms with van der Waals surface area (Å²) < 4.78 is 0. The predicted octanol–water partition coefficient (Wildman–Crippen LogP) is 31.2. The van der Waals surface area contributed by atoms with E-state index in [0.29, 0.717) is 0 Å². The molecular formula is C97H202N6. The van der Waals surface area contributed by atoms with Crippen molar-refractivity contribution >= 4 is 0 Å². The molecule has 0 bridgehead atoms. The summed E-state index contributed by atoms with van der Waals surface area (Å²) in [6, 6.07) is 0. The fraction of sp³-hybridized carbons (Fsp3) is 0.959. The Morgan fingerprint density at radius 2 is 0.243 bits per heavy atom. The van der Waals surface area contributed by atoms with Crippen LogP contribution in [-0.4, -0.2) is 93.2 Å². The quantitative estimate of drug-likeness (QED) is 0.0415. The minimum Gasteiger partial charge on any atom is -0.330 e. The molecule has 0 unspecified atom stereocenters. The van der Waals surface area contributed by atoms with Crippen LogP contribution in [0.1, 0.15) is 523 Å². The highest BCUT2D eigenvalue weighted by atomic mass is 15.1. The zero-order valence-corrected chi connectivity index (χ0v) is 72.9. The maximum atomic E-state index is 5.82. The zero-order chi connectivity index (χ0) is 75.1. The largest absolute Gasteiger partial charge is 0.330 e. The van der Waals surface area contributed by atoms with E-state index >= 15 is 0 Å². The summed E-state index contributed by atoms with van der Waals surface area (Å²) in [6.45, 7) is 27.7. The Kier molecular flexibility index (Phi) is 107. The van der Waals surface area contributed by atoms with Crippen molar-refractivity contribution in [2.45, 2.75) is 523 Å². The normalized spacial score (nSPS) is 11.8. The van der Waals surface area contributed by atoms with Crippen molar-refractivity contribution in [2.75, 3.05) is 78.5 Å². The molecule has 6 N–H and O–H groups in total. The van der Waals surface area contributed by atoms with Gasteiger partial charge in [0.05, 0.1) is 0 Å². The van der Waals surface area contributed by atoms with E-state index in [1.165, 1.54) is 521 Å². The van der Waals surface area contributed by atoms with Gasteiger partial charge in [0.1, 0.15) is 0 Å². The molecule has 0 aliphatic rings. The van der Waals surface area contributed by atoms with Gasteiger partial charge in [-0.2, -0.15) is 0 Å². The van der Waals surface area contributed by atoms with Crippen molar-refractivity contribution in [3.63, 3.8) is 0 Å². The molecule has 103 heavy (non-hydrogen) atoms. The topological polar surface area (TPSA) is 87.8 Å². The third kappa shape index (κ3) is 101. The molecule has 0 heterocycles. The fourth-order valence-corrected chi connectivity index (χ4v) is 15.1. The SMILES string of the molecule is CCCCCCCC/C=C\CCCCCCCCN(CCCN)CCCCCCC/C=C\CCCCCCCCC.CCCCCCCCCCCCCCN(CCCN)CCCCCCCCCCCCCC.CCCCCCCCCCCCN(CCCN)CCCCCCCCCCCC. The van der Waals surface area contributed by atoms with Crippen molar-refractivity contribution in [2.24, 2.45) is 17.2 Å².